The molecule has 0 bridgehead atoms. The molecule has 1 atom stereocenters. The van der Waals surface area contributed by atoms with E-state index in [1.807, 2.05) is 44.2 Å². The third kappa shape index (κ3) is 10.3. The summed E-state index contributed by atoms with van der Waals surface area (Å²) in [5.41, 5.74) is 1.10. The maximum Gasteiger partial charge on any atom is 0.330 e. The molecule has 0 aliphatic heterocycles. The van der Waals surface area contributed by atoms with Crippen molar-refractivity contribution in [1.29, 1.82) is 0 Å². The van der Waals surface area contributed by atoms with E-state index >= 15 is 0 Å². The molecular weight excluding hydrogens is 336 g/mol. The standard InChI is InChI=1S/C20H30O6/c1-4-24-20(25-5-2)16-26-18(12-9-13-19(21)22-3)15-23-14-17-10-7-6-8-11-17/h6-11,13,18,20H,4-5,12,14-16H2,1-3H3/b13-9+/t18-/m1/s1. The highest BCUT2D eigenvalue weighted by Crippen LogP contribution is 2.08. The molecule has 26 heavy (non-hydrogen) atoms. The molecule has 0 N–H and O–H groups in total. The first-order valence-electron chi connectivity index (χ1n) is 8.90. The molecule has 1 aromatic carbocycles. The number of rotatable bonds is 14. The van der Waals surface area contributed by atoms with Crippen molar-refractivity contribution in [1.82, 2.24) is 0 Å². The van der Waals surface area contributed by atoms with Crippen LogP contribution in [0.5, 0.6) is 0 Å². The predicted molar refractivity (Wildman–Crippen MR) is 98.7 cm³/mol. The normalized spacial score (nSPS) is 12.6. The molecule has 6 nitrogen and oxygen atoms in total. The first kappa shape index (κ1) is 22.3. The molecule has 0 fully saturated rings. The second-order valence-corrected chi connectivity index (χ2v) is 5.46. The zero-order valence-corrected chi connectivity index (χ0v) is 15.9. The maximum atomic E-state index is 11.2. The van der Waals surface area contributed by atoms with Crippen LogP contribution in [0.3, 0.4) is 0 Å². The lowest BCUT2D eigenvalue weighted by Gasteiger charge is -2.21. The van der Waals surface area contributed by atoms with Gasteiger partial charge in [-0.15, -0.1) is 0 Å². The van der Waals surface area contributed by atoms with Crippen LogP contribution in [-0.4, -0.2) is 51.9 Å². The van der Waals surface area contributed by atoms with Gasteiger partial charge in [0.2, 0.25) is 0 Å². The number of carbonyl (C=O) groups is 1. The molecule has 0 unspecified atom stereocenters. The fourth-order valence-electron chi connectivity index (χ4n) is 2.18. The van der Waals surface area contributed by atoms with Crippen molar-refractivity contribution in [2.75, 3.05) is 33.5 Å². The summed E-state index contributed by atoms with van der Waals surface area (Å²) in [6.45, 7) is 6.11. The van der Waals surface area contributed by atoms with Gasteiger partial charge >= 0.3 is 5.97 Å². The highest BCUT2D eigenvalue weighted by Gasteiger charge is 2.14. The van der Waals surface area contributed by atoms with Crippen LogP contribution in [0, 0.1) is 0 Å². The maximum absolute atomic E-state index is 11.2. The number of hydrogen-bond acceptors (Lipinski definition) is 6. The zero-order chi connectivity index (χ0) is 19.0. The number of methoxy groups -OCH3 is 1. The third-order valence-corrected chi connectivity index (χ3v) is 3.44. The molecule has 0 aromatic heterocycles. The van der Waals surface area contributed by atoms with E-state index in [2.05, 4.69) is 4.74 Å². The summed E-state index contributed by atoms with van der Waals surface area (Å²) in [4.78, 5) is 11.2. The van der Waals surface area contributed by atoms with Crippen molar-refractivity contribution < 1.29 is 28.5 Å². The summed E-state index contributed by atoms with van der Waals surface area (Å²) in [6, 6.07) is 9.93. The fourth-order valence-corrected chi connectivity index (χ4v) is 2.18. The van der Waals surface area contributed by atoms with E-state index in [0.29, 0.717) is 39.5 Å². The largest absolute Gasteiger partial charge is 0.466 e. The van der Waals surface area contributed by atoms with Gasteiger partial charge in [0.25, 0.3) is 0 Å². The summed E-state index contributed by atoms with van der Waals surface area (Å²) in [6.07, 6.45) is 3.00. The van der Waals surface area contributed by atoms with Crippen molar-refractivity contribution >= 4 is 5.97 Å². The summed E-state index contributed by atoms with van der Waals surface area (Å²) in [7, 11) is 1.35. The van der Waals surface area contributed by atoms with Gasteiger partial charge < -0.3 is 23.7 Å². The fraction of sp³-hybridized carbons (Fsp3) is 0.550. The zero-order valence-electron chi connectivity index (χ0n) is 15.9. The van der Waals surface area contributed by atoms with Crippen LogP contribution in [0.25, 0.3) is 0 Å². The second-order valence-electron chi connectivity index (χ2n) is 5.46. The van der Waals surface area contributed by atoms with Gasteiger partial charge in [-0.3, -0.25) is 0 Å². The quantitative estimate of drug-likeness (QED) is 0.286. The summed E-state index contributed by atoms with van der Waals surface area (Å²) in [5, 5.41) is 0. The van der Waals surface area contributed by atoms with E-state index in [1.54, 1.807) is 6.08 Å². The Morgan fingerprint density at radius 3 is 2.35 bits per heavy atom. The van der Waals surface area contributed by atoms with Crippen LogP contribution in [0.1, 0.15) is 25.8 Å². The molecule has 0 aliphatic carbocycles. The Morgan fingerprint density at radius 1 is 1.04 bits per heavy atom. The molecule has 0 amide bonds. The second kappa shape index (κ2) is 14.4. The minimum atomic E-state index is -0.411. The van der Waals surface area contributed by atoms with E-state index in [4.69, 9.17) is 18.9 Å². The molecule has 0 saturated heterocycles. The minimum absolute atomic E-state index is 0.219. The van der Waals surface area contributed by atoms with Crippen molar-refractivity contribution in [3.63, 3.8) is 0 Å². The van der Waals surface area contributed by atoms with Crippen LogP contribution in [0.4, 0.5) is 0 Å². The summed E-state index contributed by atoms with van der Waals surface area (Å²) >= 11 is 0. The molecule has 0 heterocycles. The van der Waals surface area contributed by atoms with Crippen molar-refractivity contribution in [2.45, 2.75) is 39.3 Å². The van der Waals surface area contributed by atoms with E-state index in [-0.39, 0.29) is 6.10 Å². The van der Waals surface area contributed by atoms with Gasteiger partial charge in [-0.05, 0) is 25.8 Å². The molecule has 0 spiro atoms. The summed E-state index contributed by atoms with van der Waals surface area (Å²) < 4.78 is 27.2. The lowest BCUT2D eigenvalue weighted by molar-refractivity contribution is -0.180. The van der Waals surface area contributed by atoms with E-state index in [0.717, 1.165) is 5.56 Å². The average molecular weight is 366 g/mol. The molecule has 1 aromatic rings. The van der Waals surface area contributed by atoms with Crippen molar-refractivity contribution in [2.24, 2.45) is 0 Å². The predicted octanol–water partition coefficient (Wildman–Crippen LogP) is 3.11. The van der Waals surface area contributed by atoms with E-state index in [9.17, 15) is 4.79 Å². The Morgan fingerprint density at radius 2 is 1.73 bits per heavy atom. The number of hydrogen-bond donors (Lipinski definition) is 0. The number of benzene rings is 1. The Labute approximate surface area is 156 Å². The van der Waals surface area contributed by atoms with Crippen LogP contribution in [0.2, 0.25) is 0 Å². The topological polar surface area (TPSA) is 63.2 Å². The average Bonchev–Trinajstić information content (AvgIpc) is 2.66. The SMILES string of the molecule is CCOC(CO[C@H](C/C=C/C(=O)OC)COCc1ccccc1)OCC. The first-order valence-corrected chi connectivity index (χ1v) is 8.90. The van der Waals surface area contributed by atoms with E-state index < -0.39 is 12.3 Å². The molecular formula is C20H30O6. The van der Waals surface area contributed by atoms with Crippen molar-refractivity contribution in [3.8, 4) is 0 Å². The van der Waals surface area contributed by atoms with Gasteiger partial charge in [0, 0.05) is 19.3 Å². The van der Waals surface area contributed by atoms with E-state index in [1.165, 1.54) is 13.2 Å². The van der Waals surface area contributed by atoms with Gasteiger partial charge in [0.1, 0.15) is 0 Å². The first-order chi connectivity index (χ1) is 12.7. The Bertz CT molecular complexity index is 496. The van der Waals surface area contributed by atoms with Crippen LogP contribution in [0.15, 0.2) is 42.5 Å². The summed E-state index contributed by atoms with van der Waals surface area (Å²) in [5.74, 6) is -0.393. The van der Waals surface area contributed by atoms with Crippen LogP contribution >= 0.6 is 0 Å². The Balaban J connectivity index is 2.50. The molecule has 146 valence electrons. The van der Waals surface area contributed by atoms with Crippen LogP contribution < -0.4 is 0 Å². The van der Waals surface area contributed by atoms with Gasteiger partial charge in [0.15, 0.2) is 6.29 Å². The number of carbonyl (C=O) groups excluding carboxylic acids is 1. The number of ether oxygens (including phenoxy) is 5. The molecule has 6 heteroatoms. The molecule has 0 saturated carbocycles. The lowest BCUT2D eigenvalue weighted by Crippen LogP contribution is -2.29. The van der Waals surface area contributed by atoms with Gasteiger partial charge in [-0.2, -0.15) is 0 Å². The third-order valence-electron chi connectivity index (χ3n) is 3.44. The highest BCUT2D eigenvalue weighted by molar-refractivity contribution is 5.81. The monoisotopic (exact) mass is 366 g/mol. The smallest absolute Gasteiger partial charge is 0.330 e. The minimum Gasteiger partial charge on any atom is -0.466 e. The van der Waals surface area contributed by atoms with Gasteiger partial charge in [0.05, 0.1) is 33.0 Å². The highest BCUT2D eigenvalue weighted by atomic mass is 16.7. The number of esters is 1. The molecule has 1 rings (SSSR count). The van der Waals surface area contributed by atoms with Crippen molar-refractivity contribution in [3.05, 3.63) is 48.0 Å². The van der Waals surface area contributed by atoms with Gasteiger partial charge in [-0.1, -0.05) is 36.4 Å². The van der Waals surface area contributed by atoms with Crippen LogP contribution in [-0.2, 0) is 35.1 Å². The van der Waals surface area contributed by atoms with Gasteiger partial charge in [-0.25, -0.2) is 4.79 Å². The Kier molecular flexibility index (Phi) is 12.4. The Hall–Kier alpha value is -1.73. The lowest BCUT2D eigenvalue weighted by atomic mass is 10.2. The molecule has 0 radical (unpaired) electrons. The molecule has 0 aliphatic rings.